The fraction of sp³-hybridized carbons (Fsp3) is 0.316. The van der Waals surface area contributed by atoms with Crippen LogP contribution in [0, 0.1) is 6.92 Å². The van der Waals surface area contributed by atoms with Gasteiger partial charge in [-0.25, -0.2) is 0 Å². The van der Waals surface area contributed by atoms with Gasteiger partial charge in [-0.3, -0.25) is 0 Å². The van der Waals surface area contributed by atoms with Crippen LogP contribution >= 0.6 is 24.0 Å². The van der Waals surface area contributed by atoms with Crippen molar-refractivity contribution in [2.75, 3.05) is 10.6 Å². The number of hydrogen-bond donors (Lipinski definition) is 2. The molecule has 0 unspecified atom stereocenters. The molecule has 0 bridgehead atoms. The van der Waals surface area contributed by atoms with Gasteiger partial charge in [-0.2, -0.15) is 30.7 Å². The summed E-state index contributed by atoms with van der Waals surface area (Å²) < 4.78 is 89.7. The summed E-state index contributed by atoms with van der Waals surface area (Å²) in [5.41, 5.74) is 3.14. The molecule has 0 fully saturated rings. The molecule has 0 saturated heterocycles. The Kier molecular flexibility index (Phi) is 7.28. The lowest BCUT2D eigenvalue weighted by Gasteiger charge is -2.27. The maximum Gasteiger partial charge on any atom is 0.460 e. The van der Waals surface area contributed by atoms with Gasteiger partial charge in [0.25, 0.3) is 0 Å². The molecule has 30 heavy (non-hydrogen) atoms. The van der Waals surface area contributed by atoms with E-state index in [1.165, 1.54) is 12.1 Å². The topological polar surface area (TPSA) is 24.1 Å². The van der Waals surface area contributed by atoms with E-state index in [0.29, 0.717) is 5.69 Å². The largest absolute Gasteiger partial charge is 0.460 e. The van der Waals surface area contributed by atoms with Crippen molar-refractivity contribution in [3.8, 4) is 0 Å². The molecule has 0 spiro atoms. The van der Waals surface area contributed by atoms with E-state index in [4.69, 9.17) is 12.2 Å². The van der Waals surface area contributed by atoms with Crippen LogP contribution in [0.4, 0.5) is 42.1 Å². The van der Waals surface area contributed by atoms with Gasteiger partial charge in [-0.15, -0.1) is 0 Å². The zero-order valence-corrected chi connectivity index (χ0v) is 17.3. The summed E-state index contributed by atoms with van der Waals surface area (Å²) in [5.74, 6) is -6.17. The van der Waals surface area contributed by atoms with Crippen molar-refractivity contribution in [1.29, 1.82) is 0 Å². The molecule has 0 aliphatic rings. The molecule has 2 aromatic rings. The van der Waals surface area contributed by atoms with Crippen LogP contribution in [0.15, 0.2) is 47.4 Å². The molecule has 0 aromatic heterocycles. The number of thiocarbonyl (C=S) groups is 1. The van der Waals surface area contributed by atoms with E-state index in [-0.39, 0.29) is 5.11 Å². The first-order chi connectivity index (χ1) is 13.8. The standard InChI is InChI=1S/C19H17F7N2S2/c1-3-12-6-4-5-11(2)15(12)28-16(29)27-13-7-9-14(10-8-13)30-19(25,26)17(20,21)18(22,23)24/h4-10H,3H2,1-2H3,(H2,27,28,29). The van der Waals surface area contributed by atoms with Gasteiger partial charge in [0.05, 0.1) is 0 Å². The first-order valence-electron chi connectivity index (χ1n) is 8.56. The van der Waals surface area contributed by atoms with E-state index < -0.39 is 34.0 Å². The molecule has 0 saturated carbocycles. The highest BCUT2D eigenvalue weighted by molar-refractivity contribution is 8.00. The summed E-state index contributed by atoms with van der Waals surface area (Å²) in [6.07, 6.45) is -5.61. The highest BCUT2D eigenvalue weighted by Gasteiger charge is 2.73. The lowest BCUT2D eigenvalue weighted by molar-refractivity contribution is -0.330. The van der Waals surface area contributed by atoms with Crippen LogP contribution < -0.4 is 10.6 Å². The average molecular weight is 470 g/mol. The number of para-hydroxylation sites is 1. The quantitative estimate of drug-likeness (QED) is 0.264. The van der Waals surface area contributed by atoms with Gasteiger partial charge in [0.2, 0.25) is 0 Å². The number of anilines is 2. The fourth-order valence-corrected chi connectivity index (χ4v) is 3.49. The van der Waals surface area contributed by atoms with Crippen LogP contribution in [0.5, 0.6) is 0 Å². The fourth-order valence-electron chi connectivity index (χ4n) is 2.46. The highest BCUT2D eigenvalue weighted by atomic mass is 32.2. The van der Waals surface area contributed by atoms with Gasteiger partial charge in [0.1, 0.15) is 0 Å². The Morgan fingerprint density at radius 1 is 0.933 bits per heavy atom. The number of aryl methyl sites for hydroxylation is 2. The van der Waals surface area contributed by atoms with Crippen molar-refractivity contribution < 1.29 is 30.7 Å². The van der Waals surface area contributed by atoms with Crippen molar-refractivity contribution >= 4 is 40.5 Å². The Bertz CT molecular complexity index is 897. The molecule has 2 rings (SSSR count). The molecule has 0 aliphatic carbocycles. The van der Waals surface area contributed by atoms with Crippen molar-refractivity contribution in [1.82, 2.24) is 0 Å². The van der Waals surface area contributed by atoms with Gasteiger partial charge >= 0.3 is 17.4 Å². The molecule has 0 amide bonds. The Morgan fingerprint density at radius 3 is 2.07 bits per heavy atom. The summed E-state index contributed by atoms with van der Waals surface area (Å²) in [4.78, 5) is -0.458. The van der Waals surface area contributed by atoms with E-state index in [9.17, 15) is 30.7 Å². The van der Waals surface area contributed by atoms with Crippen LogP contribution in [0.3, 0.4) is 0 Å². The van der Waals surface area contributed by atoms with Crippen LogP contribution in [-0.2, 0) is 6.42 Å². The van der Waals surface area contributed by atoms with Crippen molar-refractivity contribution in [3.05, 3.63) is 53.6 Å². The lowest BCUT2D eigenvalue weighted by atomic mass is 10.1. The predicted octanol–water partition coefficient (Wildman–Crippen LogP) is 7.25. The maximum atomic E-state index is 13.5. The third-order valence-electron chi connectivity index (χ3n) is 4.06. The Morgan fingerprint density at radius 2 is 1.53 bits per heavy atom. The number of rotatable bonds is 6. The number of benzene rings is 2. The van der Waals surface area contributed by atoms with E-state index in [0.717, 1.165) is 35.4 Å². The van der Waals surface area contributed by atoms with E-state index in [1.54, 1.807) is 0 Å². The Balaban J connectivity index is 2.07. The summed E-state index contributed by atoms with van der Waals surface area (Å²) in [5, 5.41) is 0.687. The summed E-state index contributed by atoms with van der Waals surface area (Å²) in [6.45, 7) is 3.87. The lowest BCUT2D eigenvalue weighted by Crippen LogP contribution is -2.49. The monoisotopic (exact) mass is 470 g/mol. The van der Waals surface area contributed by atoms with Crippen LogP contribution in [-0.4, -0.2) is 22.5 Å². The number of hydrogen-bond acceptors (Lipinski definition) is 2. The minimum atomic E-state index is -6.37. The SMILES string of the molecule is CCc1cccc(C)c1NC(=S)Nc1ccc(SC(F)(F)C(F)(F)C(F)(F)F)cc1. The molecular weight excluding hydrogens is 453 g/mol. The van der Waals surface area contributed by atoms with Crippen LogP contribution in [0.2, 0.25) is 0 Å². The van der Waals surface area contributed by atoms with Crippen LogP contribution in [0.25, 0.3) is 0 Å². The Hall–Kier alpha value is -2.01. The zero-order chi connectivity index (χ0) is 22.7. The van der Waals surface area contributed by atoms with Crippen molar-refractivity contribution in [2.45, 2.75) is 42.5 Å². The molecule has 0 radical (unpaired) electrons. The minimum Gasteiger partial charge on any atom is -0.332 e. The third-order valence-corrected chi connectivity index (χ3v) is 5.28. The molecule has 2 N–H and O–H groups in total. The van der Waals surface area contributed by atoms with Crippen molar-refractivity contribution in [2.24, 2.45) is 0 Å². The second-order valence-corrected chi connectivity index (χ2v) is 7.85. The summed E-state index contributed by atoms with van der Waals surface area (Å²) in [7, 11) is 0. The second kappa shape index (κ2) is 9.01. The molecular formula is C19H17F7N2S2. The smallest absolute Gasteiger partial charge is 0.332 e. The molecule has 164 valence electrons. The molecule has 0 heterocycles. The Labute approximate surface area is 178 Å². The van der Waals surface area contributed by atoms with E-state index in [1.807, 2.05) is 32.0 Å². The van der Waals surface area contributed by atoms with Gasteiger partial charge < -0.3 is 10.6 Å². The molecule has 0 atom stereocenters. The number of halogens is 7. The molecule has 0 aliphatic heterocycles. The molecule has 11 heteroatoms. The minimum absolute atomic E-state index is 0.202. The second-order valence-electron chi connectivity index (χ2n) is 6.26. The predicted molar refractivity (Wildman–Crippen MR) is 109 cm³/mol. The maximum absolute atomic E-state index is 13.5. The number of nitrogens with one attached hydrogen (secondary N) is 2. The van der Waals surface area contributed by atoms with Gasteiger partial charge in [0, 0.05) is 16.3 Å². The third kappa shape index (κ3) is 5.37. The normalized spacial score (nSPS) is 12.6. The molecule has 2 aromatic carbocycles. The van der Waals surface area contributed by atoms with Crippen LogP contribution in [0.1, 0.15) is 18.1 Å². The zero-order valence-electron chi connectivity index (χ0n) is 15.7. The number of thioether (sulfide) groups is 1. The van der Waals surface area contributed by atoms with Gasteiger partial charge in [-0.05, 0) is 72.7 Å². The van der Waals surface area contributed by atoms with Gasteiger partial charge in [0.15, 0.2) is 5.11 Å². The first kappa shape index (κ1) is 24.3. The highest BCUT2D eigenvalue weighted by Crippen LogP contribution is 2.53. The van der Waals surface area contributed by atoms with E-state index >= 15 is 0 Å². The number of alkyl halides is 7. The van der Waals surface area contributed by atoms with Gasteiger partial charge in [-0.1, -0.05) is 25.1 Å². The average Bonchev–Trinajstić information content (AvgIpc) is 2.63. The summed E-state index contributed by atoms with van der Waals surface area (Å²) >= 11 is 4.36. The van der Waals surface area contributed by atoms with E-state index in [2.05, 4.69) is 10.6 Å². The first-order valence-corrected chi connectivity index (χ1v) is 9.79. The molecule has 2 nitrogen and oxygen atoms in total. The summed E-state index contributed by atoms with van der Waals surface area (Å²) in [6, 6.07) is 10.2. The van der Waals surface area contributed by atoms with Crippen molar-refractivity contribution in [3.63, 3.8) is 0 Å².